The zero-order valence-corrected chi connectivity index (χ0v) is 12.1. The third kappa shape index (κ3) is 3.34. The van der Waals surface area contributed by atoms with E-state index in [-0.39, 0.29) is 12.1 Å². The molecule has 0 amide bonds. The molecule has 4 heteroatoms. The Balaban J connectivity index is 2.19. The molecule has 1 aromatic rings. The third-order valence-corrected chi connectivity index (χ3v) is 3.94. The minimum absolute atomic E-state index is 0.0509. The molecule has 1 aliphatic heterocycles. The Hall–Kier alpha value is -0.940. The van der Waals surface area contributed by atoms with Crippen LogP contribution >= 0.6 is 0 Å². The number of hydrogen-bond acceptors (Lipinski definition) is 4. The molecule has 2 rings (SSSR count). The van der Waals surface area contributed by atoms with Gasteiger partial charge in [-0.15, -0.1) is 0 Å². The quantitative estimate of drug-likeness (QED) is 0.639. The summed E-state index contributed by atoms with van der Waals surface area (Å²) < 4.78 is 5.92. The number of likely N-dealkylation sites (N-methyl/N-ethyl adjacent to an activating group) is 1. The van der Waals surface area contributed by atoms with Gasteiger partial charge in [0.1, 0.15) is 0 Å². The first kappa shape index (κ1) is 14.5. The Morgan fingerprint density at radius 3 is 2.89 bits per heavy atom. The summed E-state index contributed by atoms with van der Waals surface area (Å²) in [6, 6.07) is 6.53. The van der Waals surface area contributed by atoms with Gasteiger partial charge in [0.05, 0.1) is 18.8 Å². The Kier molecular flexibility index (Phi) is 4.93. The summed E-state index contributed by atoms with van der Waals surface area (Å²) in [7, 11) is 0. The van der Waals surface area contributed by atoms with Crippen molar-refractivity contribution < 1.29 is 4.74 Å². The van der Waals surface area contributed by atoms with Crippen LogP contribution < -0.4 is 11.3 Å². The number of aryl methyl sites for hydroxylation is 2. The standard InChI is InChI=1S/C15H25N3O/c1-4-18-7-8-19-14(10-18)15(17-16)13-6-5-11(2)9-12(13)3/h5-6,9,14-15,17H,4,7-8,10,16H2,1-3H3. The van der Waals surface area contributed by atoms with E-state index in [1.807, 2.05) is 0 Å². The van der Waals surface area contributed by atoms with Gasteiger partial charge in [0.25, 0.3) is 0 Å². The monoisotopic (exact) mass is 263 g/mol. The summed E-state index contributed by atoms with van der Waals surface area (Å²) in [6.07, 6.45) is 0.111. The maximum atomic E-state index is 5.92. The van der Waals surface area contributed by atoms with E-state index >= 15 is 0 Å². The van der Waals surface area contributed by atoms with Crippen molar-refractivity contribution in [1.29, 1.82) is 0 Å². The van der Waals surface area contributed by atoms with Crippen molar-refractivity contribution >= 4 is 0 Å². The van der Waals surface area contributed by atoms with Gasteiger partial charge in [-0.05, 0) is 31.5 Å². The molecule has 2 atom stereocenters. The van der Waals surface area contributed by atoms with Gasteiger partial charge in [-0.3, -0.25) is 16.2 Å². The third-order valence-electron chi connectivity index (χ3n) is 3.94. The molecule has 1 saturated heterocycles. The highest BCUT2D eigenvalue weighted by molar-refractivity contribution is 5.33. The van der Waals surface area contributed by atoms with Crippen LogP contribution in [-0.2, 0) is 4.74 Å². The maximum Gasteiger partial charge on any atom is 0.0909 e. The van der Waals surface area contributed by atoms with E-state index in [0.717, 1.165) is 26.2 Å². The molecule has 1 aliphatic rings. The molecule has 1 heterocycles. The smallest absolute Gasteiger partial charge is 0.0909 e. The van der Waals surface area contributed by atoms with Crippen molar-refractivity contribution in [3.8, 4) is 0 Å². The van der Waals surface area contributed by atoms with E-state index in [9.17, 15) is 0 Å². The first-order valence-electron chi connectivity index (χ1n) is 7.03. The van der Waals surface area contributed by atoms with Gasteiger partial charge >= 0.3 is 0 Å². The topological polar surface area (TPSA) is 50.5 Å². The molecule has 2 unspecified atom stereocenters. The highest BCUT2D eigenvalue weighted by atomic mass is 16.5. The summed E-state index contributed by atoms with van der Waals surface area (Å²) >= 11 is 0. The van der Waals surface area contributed by atoms with Crippen molar-refractivity contribution in [2.24, 2.45) is 5.84 Å². The second-order valence-electron chi connectivity index (χ2n) is 5.31. The number of nitrogens with zero attached hydrogens (tertiary/aromatic N) is 1. The van der Waals surface area contributed by atoms with Crippen molar-refractivity contribution in [3.63, 3.8) is 0 Å². The molecule has 0 spiro atoms. The van der Waals surface area contributed by atoms with Gasteiger partial charge < -0.3 is 4.74 Å². The van der Waals surface area contributed by atoms with Crippen LogP contribution in [0.4, 0.5) is 0 Å². The van der Waals surface area contributed by atoms with Crippen molar-refractivity contribution in [3.05, 3.63) is 34.9 Å². The predicted octanol–water partition coefficient (Wildman–Crippen LogP) is 1.53. The van der Waals surface area contributed by atoms with Gasteiger partial charge in [-0.1, -0.05) is 30.7 Å². The number of nitrogens with one attached hydrogen (secondary N) is 1. The average molecular weight is 263 g/mol. The molecule has 0 saturated carbocycles. The van der Waals surface area contributed by atoms with Crippen molar-refractivity contribution in [1.82, 2.24) is 10.3 Å². The highest BCUT2D eigenvalue weighted by Gasteiger charge is 2.28. The lowest BCUT2D eigenvalue weighted by molar-refractivity contribution is -0.0457. The molecule has 106 valence electrons. The Morgan fingerprint density at radius 1 is 1.47 bits per heavy atom. The molecule has 0 aliphatic carbocycles. The first-order valence-corrected chi connectivity index (χ1v) is 7.03. The molecule has 1 fully saturated rings. The maximum absolute atomic E-state index is 5.92. The lowest BCUT2D eigenvalue weighted by Crippen LogP contribution is -2.49. The number of hydrazine groups is 1. The van der Waals surface area contributed by atoms with E-state index < -0.39 is 0 Å². The summed E-state index contributed by atoms with van der Waals surface area (Å²) in [6.45, 7) is 10.2. The molecule has 3 N–H and O–H groups in total. The van der Waals surface area contributed by atoms with E-state index in [0.29, 0.717) is 0 Å². The zero-order chi connectivity index (χ0) is 13.8. The van der Waals surface area contributed by atoms with E-state index in [2.05, 4.69) is 49.3 Å². The van der Waals surface area contributed by atoms with Crippen LogP contribution in [0.25, 0.3) is 0 Å². The average Bonchev–Trinajstić information content (AvgIpc) is 2.42. The first-order chi connectivity index (χ1) is 9.15. The fourth-order valence-electron chi connectivity index (χ4n) is 2.79. The number of nitrogens with two attached hydrogens (primary N) is 1. The Labute approximate surface area is 115 Å². The number of benzene rings is 1. The fourth-order valence-corrected chi connectivity index (χ4v) is 2.79. The summed E-state index contributed by atoms with van der Waals surface area (Å²) in [5.74, 6) is 5.78. The lowest BCUT2D eigenvalue weighted by atomic mass is 9.95. The second kappa shape index (κ2) is 6.48. The van der Waals surface area contributed by atoms with Crippen LogP contribution in [0.1, 0.15) is 29.7 Å². The molecule has 1 aromatic carbocycles. The van der Waals surface area contributed by atoms with Crippen LogP contribution in [-0.4, -0.2) is 37.2 Å². The molecule has 4 nitrogen and oxygen atoms in total. The molecule has 0 bridgehead atoms. The number of rotatable bonds is 4. The SMILES string of the molecule is CCN1CCOC(C(NN)c2ccc(C)cc2C)C1. The number of ether oxygens (including phenoxy) is 1. The minimum atomic E-state index is 0.0509. The molecular weight excluding hydrogens is 238 g/mol. The van der Waals surface area contributed by atoms with Gasteiger partial charge in [-0.2, -0.15) is 0 Å². The van der Waals surface area contributed by atoms with Crippen LogP contribution in [0.15, 0.2) is 18.2 Å². The predicted molar refractivity (Wildman–Crippen MR) is 77.8 cm³/mol. The van der Waals surface area contributed by atoms with Gasteiger partial charge in [0, 0.05) is 13.1 Å². The van der Waals surface area contributed by atoms with Crippen LogP contribution in [0, 0.1) is 13.8 Å². The minimum Gasteiger partial charge on any atom is -0.374 e. The van der Waals surface area contributed by atoms with E-state index in [1.165, 1.54) is 16.7 Å². The molecule has 0 aromatic heterocycles. The number of hydrogen-bond donors (Lipinski definition) is 2. The summed E-state index contributed by atoms with van der Waals surface area (Å²) in [5.41, 5.74) is 6.71. The van der Waals surface area contributed by atoms with E-state index in [4.69, 9.17) is 10.6 Å². The summed E-state index contributed by atoms with van der Waals surface area (Å²) in [5, 5.41) is 0. The van der Waals surface area contributed by atoms with E-state index in [1.54, 1.807) is 0 Å². The van der Waals surface area contributed by atoms with Gasteiger partial charge in [-0.25, -0.2) is 0 Å². The number of morpholine rings is 1. The van der Waals surface area contributed by atoms with Gasteiger partial charge in [0.15, 0.2) is 0 Å². The normalized spacial score (nSPS) is 22.4. The zero-order valence-electron chi connectivity index (χ0n) is 12.1. The highest BCUT2D eigenvalue weighted by Crippen LogP contribution is 2.25. The Morgan fingerprint density at radius 2 is 2.26 bits per heavy atom. The second-order valence-corrected chi connectivity index (χ2v) is 5.31. The van der Waals surface area contributed by atoms with Crippen molar-refractivity contribution in [2.75, 3.05) is 26.2 Å². The largest absolute Gasteiger partial charge is 0.374 e. The Bertz CT molecular complexity index is 422. The van der Waals surface area contributed by atoms with Gasteiger partial charge in [0.2, 0.25) is 0 Å². The van der Waals surface area contributed by atoms with Crippen molar-refractivity contribution in [2.45, 2.75) is 32.9 Å². The molecule has 0 radical (unpaired) electrons. The molecule has 19 heavy (non-hydrogen) atoms. The molecular formula is C15H25N3O. The van der Waals surface area contributed by atoms with Crippen LogP contribution in [0.3, 0.4) is 0 Å². The summed E-state index contributed by atoms with van der Waals surface area (Å²) in [4.78, 5) is 2.40. The fraction of sp³-hybridized carbons (Fsp3) is 0.600. The van der Waals surface area contributed by atoms with Crippen LogP contribution in [0.5, 0.6) is 0 Å². The van der Waals surface area contributed by atoms with Crippen LogP contribution in [0.2, 0.25) is 0 Å². The lowest BCUT2D eigenvalue weighted by Gasteiger charge is -2.36.